The summed E-state index contributed by atoms with van der Waals surface area (Å²) in [6, 6.07) is 56.9. The minimum Gasteiger partial charge on any atom is -0.396 e. The van der Waals surface area contributed by atoms with Crippen molar-refractivity contribution in [3.8, 4) is 90.1 Å². The maximum atomic E-state index is 9.89. The third kappa shape index (κ3) is 10.8. The van der Waals surface area contributed by atoms with Crippen LogP contribution < -0.4 is 0 Å². The number of fused-ring (bicyclic) bond motifs is 20. The van der Waals surface area contributed by atoms with Crippen LogP contribution in [0.3, 0.4) is 0 Å². The van der Waals surface area contributed by atoms with Gasteiger partial charge < -0.3 is 20.2 Å². The Morgan fingerprint density at radius 2 is 0.648 bits per heavy atom. The number of rotatable bonds is 10. The number of aromatic amines is 2. The van der Waals surface area contributed by atoms with Crippen molar-refractivity contribution in [2.45, 2.75) is 130 Å². The molecule has 10 heteroatoms. The number of aliphatic hydroxyl groups is 2. The number of benzene rings is 8. The normalized spacial score (nSPS) is 12.7. The van der Waals surface area contributed by atoms with E-state index in [2.05, 4.69) is 251 Å². The maximum Gasteiger partial charge on any atom is 0.165 e. The number of aryl methyl sites for hydroxylation is 2. The SMILES string of the molecule is CC(C)(C)c1cc(-c2cccc3c2-c2nc-3nc3[nH]c(nc4nc(nc5[nH]c(n2)c2cccc(-c6cccc(CCCO)c6)c52)-c2cccc(-c5cc(C(C)(C)C)cc(C(C)(C)C)c5)c2-4)c2cccc(-c4cccc(CCCO)c4)c32)cc(C(C)(C)C)c1. The third-order valence-electron chi connectivity index (χ3n) is 17.6. The summed E-state index contributed by atoms with van der Waals surface area (Å²) >= 11 is 0. The summed E-state index contributed by atoms with van der Waals surface area (Å²) in [7, 11) is 0. The molecule has 0 fully saturated rings. The molecule has 11 aromatic rings. The van der Waals surface area contributed by atoms with E-state index in [1.165, 1.54) is 22.3 Å². The molecule has 5 heterocycles. The van der Waals surface area contributed by atoms with Crippen molar-refractivity contribution in [1.29, 1.82) is 0 Å². The lowest BCUT2D eigenvalue weighted by Crippen LogP contribution is -2.16. The zero-order valence-electron chi connectivity index (χ0n) is 52.8. The molecule has 8 bridgehead atoms. The highest BCUT2D eigenvalue weighted by Crippen LogP contribution is 2.47. The first-order valence-corrected chi connectivity index (χ1v) is 31.1. The summed E-state index contributed by atoms with van der Waals surface area (Å²) in [5, 5.41) is 23.3. The van der Waals surface area contributed by atoms with Gasteiger partial charge in [-0.3, -0.25) is 0 Å². The van der Waals surface area contributed by atoms with E-state index in [1.807, 2.05) is 0 Å². The van der Waals surface area contributed by atoms with Gasteiger partial charge in [-0.2, -0.15) is 0 Å². The van der Waals surface area contributed by atoms with E-state index < -0.39 is 0 Å². The van der Waals surface area contributed by atoms with E-state index in [0.717, 1.165) is 112 Å². The molecule has 13 rings (SSSR count). The minimum atomic E-state index is -0.130. The van der Waals surface area contributed by atoms with Crippen molar-refractivity contribution in [3.05, 3.63) is 191 Å². The van der Waals surface area contributed by atoms with Crippen molar-refractivity contribution in [3.63, 3.8) is 0 Å². The number of nitrogens with one attached hydrogen (secondary N) is 2. The van der Waals surface area contributed by atoms with Crippen molar-refractivity contribution in [2.24, 2.45) is 0 Å². The van der Waals surface area contributed by atoms with Gasteiger partial charge in [0.05, 0.1) is 0 Å². The maximum absolute atomic E-state index is 9.89. The highest BCUT2D eigenvalue weighted by Gasteiger charge is 2.30. The lowest BCUT2D eigenvalue weighted by molar-refractivity contribution is 0.288. The van der Waals surface area contributed by atoms with Crippen molar-refractivity contribution in [1.82, 2.24) is 39.9 Å². The molecule has 2 aliphatic rings. The molecule has 10 nitrogen and oxygen atoms in total. The topological polar surface area (TPSA) is 149 Å². The predicted octanol–water partition coefficient (Wildman–Crippen LogP) is 18.6. The van der Waals surface area contributed by atoms with E-state index in [0.29, 0.717) is 58.7 Å². The van der Waals surface area contributed by atoms with Crippen LogP contribution in [0.4, 0.5) is 0 Å². The van der Waals surface area contributed by atoms with Crippen LogP contribution in [0.15, 0.2) is 158 Å². The van der Waals surface area contributed by atoms with Gasteiger partial charge in [0.15, 0.2) is 23.3 Å². The number of H-pyrrole nitrogens is 2. The monoisotopic (exact) mass is 1160 g/mol. The molecular formula is C78H78N8O2. The van der Waals surface area contributed by atoms with Crippen molar-refractivity contribution >= 4 is 44.1 Å². The Bertz CT molecular complexity index is 4400. The van der Waals surface area contributed by atoms with Crippen LogP contribution in [0, 0.1) is 0 Å². The molecule has 442 valence electrons. The van der Waals surface area contributed by atoms with Crippen molar-refractivity contribution < 1.29 is 10.2 Å². The van der Waals surface area contributed by atoms with Gasteiger partial charge in [-0.15, -0.1) is 0 Å². The van der Waals surface area contributed by atoms with Gasteiger partial charge in [-0.25, -0.2) is 29.9 Å². The van der Waals surface area contributed by atoms with Gasteiger partial charge in [-0.05, 0) is 125 Å². The van der Waals surface area contributed by atoms with Crippen LogP contribution in [-0.4, -0.2) is 63.3 Å². The summed E-state index contributed by atoms with van der Waals surface area (Å²) in [5.74, 6) is 2.08. The quantitative estimate of drug-likeness (QED) is 0.106. The molecule has 0 spiro atoms. The second-order valence-electron chi connectivity index (χ2n) is 28.2. The Labute approximate surface area is 516 Å². The van der Waals surface area contributed by atoms with Crippen LogP contribution in [0.2, 0.25) is 0 Å². The largest absolute Gasteiger partial charge is 0.396 e. The van der Waals surface area contributed by atoms with E-state index in [1.54, 1.807) is 0 Å². The average molecular weight is 1160 g/mol. The first-order valence-electron chi connectivity index (χ1n) is 31.1. The highest BCUT2D eigenvalue weighted by atomic mass is 16.3. The molecule has 0 aliphatic carbocycles. The smallest absolute Gasteiger partial charge is 0.165 e. The van der Waals surface area contributed by atoms with Gasteiger partial charge in [0.1, 0.15) is 22.6 Å². The van der Waals surface area contributed by atoms with Gasteiger partial charge >= 0.3 is 0 Å². The fraction of sp³-hybridized carbons (Fsp3) is 0.282. The first kappa shape index (κ1) is 58.1. The summed E-state index contributed by atoms with van der Waals surface area (Å²) in [6.07, 6.45) is 2.83. The fourth-order valence-electron chi connectivity index (χ4n) is 12.6. The van der Waals surface area contributed by atoms with Gasteiger partial charge in [0, 0.05) is 57.0 Å². The minimum absolute atomic E-state index is 0.117. The number of nitrogens with zero attached hydrogens (tertiary/aromatic N) is 6. The molecule has 88 heavy (non-hydrogen) atoms. The summed E-state index contributed by atoms with van der Waals surface area (Å²) < 4.78 is 0. The molecule has 0 saturated heterocycles. The molecule has 2 aliphatic heterocycles. The standard InChI is InChI=1S/C78H78N8O2/c1-75(2,3)51-39-49(40-52(43-51)76(4,5)6)57-29-17-33-61-65(57)73-83-67-59-31-15-27-55(47-25-13-21-45(37-47)23-19-35-87)63(59)72(79-67)82-70-62-34-18-30-58(50-41-53(77(7,8)9)44-54(42-50)78(10,11)12)66(62)74(86-70)84-68-60-32-16-28-56(64(60)71(80-68)81-69(61)85-73)48-26-14-22-46(38-48)24-20-36-88/h13-18,21-22,25-34,37-44,87-88H,19-20,23-24,35-36H2,1-12H3,(H2,79,80,81,82,83,84,85,86). The Balaban J connectivity index is 1.19. The predicted molar refractivity (Wildman–Crippen MR) is 363 cm³/mol. The van der Waals surface area contributed by atoms with Gasteiger partial charge in [0.25, 0.3) is 0 Å². The zero-order valence-corrected chi connectivity index (χ0v) is 52.8. The molecule has 0 saturated carbocycles. The second kappa shape index (κ2) is 22.0. The first-order chi connectivity index (χ1) is 42.0. The van der Waals surface area contributed by atoms with Crippen molar-refractivity contribution in [2.75, 3.05) is 13.2 Å². The number of aromatic nitrogens is 8. The van der Waals surface area contributed by atoms with Gasteiger partial charge in [-0.1, -0.05) is 241 Å². The summed E-state index contributed by atoms with van der Waals surface area (Å²) in [6.45, 7) is 27.6. The van der Waals surface area contributed by atoms with E-state index in [9.17, 15) is 10.2 Å². The second-order valence-corrected chi connectivity index (χ2v) is 28.2. The number of hydrogen-bond donors (Lipinski definition) is 4. The average Bonchev–Trinajstić information content (AvgIpc) is 1.91. The lowest BCUT2D eigenvalue weighted by atomic mass is 9.78. The molecule has 0 radical (unpaired) electrons. The molecule has 0 unspecified atom stereocenters. The van der Waals surface area contributed by atoms with E-state index >= 15 is 0 Å². The third-order valence-corrected chi connectivity index (χ3v) is 17.6. The lowest BCUT2D eigenvalue weighted by Gasteiger charge is -2.26. The highest BCUT2D eigenvalue weighted by molar-refractivity contribution is 6.14. The Morgan fingerprint density at radius 3 is 1.01 bits per heavy atom. The zero-order chi connectivity index (χ0) is 61.6. The van der Waals surface area contributed by atoms with Crippen LogP contribution in [0.25, 0.3) is 134 Å². The summed E-state index contributed by atoms with van der Waals surface area (Å²) in [4.78, 5) is 41.5. The van der Waals surface area contributed by atoms with Crippen LogP contribution >= 0.6 is 0 Å². The van der Waals surface area contributed by atoms with E-state index in [4.69, 9.17) is 29.9 Å². The summed E-state index contributed by atoms with van der Waals surface area (Å²) in [5.41, 5.74) is 20.8. The molecule has 8 aromatic carbocycles. The number of hydrogen-bond acceptors (Lipinski definition) is 8. The Kier molecular flexibility index (Phi) is 14.5. The van der Waals surface area contributed by atoms with E-state index in [-0.39, 0.29) is 34.9 Å². The molecule has 4 N–H and O–H groups in total. The van der Waals surface area contributed by atoms with Crippen LogP contribution in [0.1, 0.15) is 129 Å². The number of aliphatic hydroxyl groups excluding tert-OH is 2. The fourth-order valence-corrected chi connectivity index (χ4v) is 12.6. The molecular weight excluding hydrogens is 1080 g/mol. The molecule has 3 aromatic heterocycles. The van der Waals surface area contributed by atoms with Gasteiger partial charge in [0.2, 0.25) is 0 Å². The Hall–Kier alpha value is -8.96. The molecule has 0 amide bonds. The van der Waals surface area contributed by atoms with Crippen LogP contribution in [-0.2, 0) is 34.5 Å². The van der Waals surface area contributed by atoms with Crippen LogP contribution in [0.5, 0.6) is 0 Å². The Morgan fingerprint density at radius 1 is 0.318 bits per heavy atom. The molecule has 0 atom stereocenters.